The number of nitrogens with zero attached hydrogens (tertiary/aromatic N) is 1. The molecule has 1 N–H and O–H groups in total. The van der Waals surface area contributed by atoms with Crippen LogP contribution in [0.15, 0.2) is 63.8 Å². The predicted molar refractivity (Wildman–Crippen MR) is 104 cm³/mol. The molecule has 3 rings (SSSR count). The van der Waals surface area contributed by atoms with Crippen molar-refractivity contribution in [3.63, 3.8) is 0 Å². The zero-order valence-corrected chi connectivity index (χ0v) is 15.0. The molecule has 0 spiro atoms. The lowest BCUT2D eigenvalue weighted by molar-refractivity contribution is 0.0949. The van der Waals surface area contributed by atoms with Gasteiger partial charge in [0.25, 0.3) is 5.91 Å². The summed E-state index contributed by atoms with van der Waals surface area (Å²) < 4.78 is 5.20. The van der Waals surface area contributed by atoms with Gasteiger partial charge in [-0.15, -0.1) is 0 Å². The molecular weight excluding hydrogens is 328 g/mol. The van der Waals surface area contributed by atoms with Crippen LogP contribution < -0.4 is 15.8 Å². The molecule has 1 amide bonds. The average molecular weight is 350 g/mol. The third-order valence-electron chi connectivity index (χ3n) is 4.27. The summed E-state index contributed by atoms with van der Waals surface area (Å²) in [6.07, 6.45) is 1.66. The van der Waals surface area contributed by atoms with Crippen LogP contribution in [0, 0.1) is 0 Å². The minimum Gasteiger partial charge on any atom is -0.422 e. The third-order valence-corrected chi connectivity index (χ3v) is 4.27. The van der Waals surface area contributed by atoms with Crippen LogP contribution in [0.2, 0.25) is 0 Å². The molecule has 5 heteroatoms. The Hall–Kier alpha value is -3.08. The molecule has 0 aliphatic heterocycles. The number of hydrogen-bond acceptors (Lipinski definition) is 4. The van der Waals surface area contributed by atoms with Crippen LogP contribution in [-0.2, 0) is 6.42 Å². The second-order valence-electron chi connectivity index (χ2n) is 6.41. The standard InChI is InChI=1S/C21H22N2O3/c1-23(2)17-11-9-15(10-12-17)6-5-13-22-20(24)18-14-16-7-3-4-8-19(16)26-21(18)25/h3-4,7-12,14H,5-6,13H2,1-2H3,(H,22,24). The Kier molecular flexibility index (Phi) is 5.37. The van der Waals surface area contributed by atoms with Gasteiger partial charge in [-0.05, 0) is 42.7 Å². The van der Waals surface area contributed by atoms with Crippen molar-refractivity contribution in [3.8, 4) is 0 Å². The molecule has 0 atom stereocenters. The lowest BCUT2D eigenvalue weighted by atomic mass is 10.1. The van der Waals surface area contributed by atoms with Crippen LogP contribution in [0.1, 0.15) is 22.3 Å². The van der Waals surface area contributed by atoms with Crippen LogP contribution in [0.4, 0.5) is 5.69 Å². The molecule has 0 aliphatic carbocycles. The molecule has 0 radical (unpaired) electrons. The minimum absolute atomic E-state index is 0.0408. The molecule has 26 heavy (non-hydrogen) atoms. The second-order valence-corrected chi connectivity index (χ2v) is 6.41. The summed E-state index contributed by atoms with van der Waals surface area (Å²) in [6, 6.07) is 17.1. The highest BCUT2D eigenvalue weighted by atomic mass is 16.4. The summed E-state index contributed by atoms with van der Waals surface area (Å²) in [5, 5.41) is 3.53. The number of para-hydroxylation sites is 1. The van der Waals surface area contributed by atoms with Crippen LogP contribution in [-0.4, -0.2) is 26.5 Å². The zero-order chi connectivity index (χ0) is 18.5. The first-order valence-corrected chi connectivity index (χ1v) is 8.62. The van der Waals surface area contributed by atoms with E-state index in [1.54, 1.807) is 18.2 Å². The molecule has 1 aromatic heterocycles. The summed E-state index contributed by atoms with van der Waals surface area (Å²) in [6.45, 7) is 0.501. The zero-order valence-electron chi connectivity index (χ0n) is 15.0. The van der Waals surface area contributed by atoms with E-state index >= 15 is 0 Å². The number of rotatable bonds is 6. The highest BCUT2D eigenvalue weighted by Crippen LogP contribution is 2.14. The van der Waals surface area contributed by atoms with Crippen LogP contribution in [0.3, 0.4) is 0 Å². The van der Waals surface area contributed by atoms with Gasteiger partial charge in [0, 0.05) is 31.7 Å². The first kappa shape index (κ1) is 17.7. The van der Waals surface area contributed by atoms with Crippen molar-refractivity contribution in [2.75, 3.05) is 25.5 Å². The topological polar surface area (TPSA) is 62.6 Å². The number of carbonyl (C=O) groups excluding carboxylic acids is 1. The molecule has 1 heterocycles. The van der Waals surface area contributed by atoms with Gasteiger partial charge in [0.05, 0.1) is 0 Å². The Bertz CT molecular complexity index is 959. The van der Waals surface area contributed by atoms with Gasteiger partial charge in [0.1, 0.15) is 11.1 Å². The molecule has 0 bridgehead atoms. The first-order valence-electron chi connectivity index (χ1n) is 8.62. The largest absolute Gasteiger partial charge is 0.422 e. The molecule has 5 nitrogen and oxygen atoms in total. The van der Waals surface area contributed by atoms with E-state index in [-0.39, 0.29) is 5.56 Å². The molecule has 0 unspecified atom stereocenters. The van der Waals surface area contributed by atoms with Crippen molar-refractivity contribution in [3.05, 3.63) is 76.1 Å². The summed E-state index contributed by atoms with van der Waals surface area (Å²) >= 11 is 0. The van der Waals surface area contributed by atoms with Crippen molar-refractivity contribution >= 4 is 22.6 Å². The monoisotopic (exact) mass is 350 g/mol. The third kappa shape index (κ3) is 4.11. The maximum atomic E-state index is 12.3. The van der Waals surface area contributed by atoms with Crippen molar-refractivity contribution in [2.45, 2.75) is 12.8 Å². The number of carbonyl (C=O) groups is 1. The van der Waals surface area contributed by atoms with Gasteiger partial charge in [-0.2, -0.15) is 0 Å². The van der Waals surface area contributed by atoms with E-state index in [4.69, 9.17) is 4.42 Å². The summed E-state index contributed by atoms with van der Waals surface area (Å²) in [7, 11) is 4.02. The Morgan fingerprint density at radius 3 is 2.54 bits per heavy atom. The highest BCUT2D eigenvalue weighted by molar-refractivity contribution is 5.96. The molecule has 0 saturated carbocycles. The quantitative estimate of drug-likeness (QED) is 0.548. The molecule has 0 fully saturated rings. The number of fused-ring (bicyclic) bond motifs is 1. The fraction of sp³-hybridized carbons (Fsp3) is 0.238. The summed E-state index contributed by atoms with van der Waals surface area (Å²) in [4.78, 5) is 26.3. The summed E-state index contributed by atoms with van der Waals surface area (Å²) in [5.74, 6) is -0.396. The highest BCUT2D eigenvalue weighted by Gasteiger charge is 2.12. The Morgan fingerprint density at radius 1 is 1.08 bits per heavy atom. The Labute approximate surface area is 152 Å². The van der Waals surface area contributed by atoms with Crippen molar-refractivity contribution in [1.82, 2.24) is 5.32 Å². The van der Waals surface area contributed by atoms with Gasteiger partial charge < -0.3 is 14.6 Å². The van der Waals surface area contributed by atoms with Gasteiger partial charge in [-0.25, -0.2) is 4.79 Å². The van der Waals surface area contributed by atoms with Gasteiger partial charge in [-0.1, -0.05) is 30.3 Å². The van der Waals surface area contributed by atoms with Gasteiger partial charge >= 0.3 is 5.63 Å². The first-order chi connectivity index (χ1) is 12.5. The fourth-order valence-electron chi connectivity index (χ4n) is 2.77. The Balaban J connectivity index is 1.56. The van der Waals surface area contributed by atoms with Crippen molar-refractivity contribution in [2.24, 2.45) is 0 Å². The van der Waals surface area contributed by atoms with Gasteiger partial charge in [0.2, 0.25) is 0 Å². The molecule has 0 saturated heterocycles. The smallest absolute Gasteiger partial charge is 0.349 e. The lowest BCUT2D eigenvalue weighted by Gasteiger charge is -2.12. The maximum Gasteiger partial charge on any atom is 0.349 e. The molecular formula is C21H22N2O3. The maximum absolute atomic E-state index is 12.3. The number of nitrogens with one attached hydrogen (secondary N) is 1. The minimum atomic E-state index is -0.611. The lowest BCUT2D eigenvalue weighted by Crippen LogP contribution is -2.29. The normalized spacial score (nSPS) is 10.7. The second kappa shape index (κ2) is 7.87. The molecule has 2 aromatic carbocycles. The summed E-state index contributed by atoms with van der Waals surface area (Å²) in [5.41, 5.74) is 2.29. The van der Waals surface area contributed by atoms with Gasteiger partial charge in [-0.3, -0.25) is 4.79 Å². The Morgan fingerprint density at radius 2 is 1.81 bits per heavy atom. The van der Waals surface area contributed by atoms with Crippen LogP contribution in [0.25, 0.3) is 11.0 Å². The van der Waals surface area contributed by atoms with Crippen LogP contribution >= 0.6 is 0 Å². The number of benzene rings is 2. The van der Waals surface area contributed by atoms with E-state index in [1.165, 1.54) is 5.56 Å². The van der Waals surface area contributed by atoms with E-state index in [1.807, 2.05) is 26.2 Å². The molecule has 0 aliphatic rings. The van der Waals surface area contributed by atoms with E-state index in [0.717, 1.165) is 23.9 Å². The van der Waals surface area contributed by atoms with Gasteiger partial charge in [0.15, 0.2) is 0 Å². The number of anilines is 1. The van der Waals surface area contributed by atoms with E-state index in [0.29, 0.717) is 12.1 Å². The number of amides is 1. The predicted octanol–water partition coefficient (Wildman–Crippen LogP) is 3.22. The average Bonchev–Trinajstić information content (AvgIpc) is 2.64. The molecule has 134 valence electrons. The van der Waals surface area contributed by atoms with E-state index in [9.17, 15) is 9.59 Å². The number of hydrogen-bond donors (Lipinski definition) is 1. The van der Waals surface area contributed by atoms with E-state index < -0.39 is 11.5 Å². The SMILES string of the molecule is CN(C)c1ccc(CCCNC(=O)c2cc3ccccc3oc2=O)cc1. The van der Waals surface area contributed by atoms with Crippen molar-refractivity contribution < 1.29 is 9.21 Å². The fourth-order valence-corrected chi connectivity index (χ4v) is 2.77. The molecule has 3 aromatic rings. The van der Waals surface area contributed by atoms with Crippen LogP contribution in [0.5, 0.6) is 0 Å². The van der Waals surface area contributed by atoms with E-state index in [2.05, 4.69) is 34.5 Å². The number of aryl methyl sites for hydroxylation is 1. The van der Waals surface area contributed by atoms with Crippen molar-refractivity contribution in [1.29, 1.82) is 0 Å².